The van der Waals surface area contributed by atoms with Crippen LogP contribution in [0.1, 0.15) is 51.8 Å². The van der Waals surface area contributed by atoms with Gasteiger partial charge in [0.25, 0.3) is 11.8 Å². The third-order valence-corrected chi connectivity index (χ3v) is 9.89. The first-order chi connectivity index (χ1) is 24.9. The van der Waals surface area contributed by atoms with Crippen LogP contribution in [-0.4, -0.2) is 67.7 Å². The van der Waals surface area contributed by atoms with E-state index in [9.17, 15) is 18.4 Å². The minimum Gasteiger partial charge on any atom is -0.354 e. The predicted molar refractivity (Wildman–Crippen MR) is 191 cm³/mol. The minimum atomic E-state index is -0.517. The van der Waals surface area contributed by atoms with Gasteiger partial charge in [-0.1, -0.05) is 48.5 Å². The number of amides is 2. The Kier molecular flexibility index (Phi) is 8.69. The van der Waals surface area contributed by atoms with Gasteiger partial charge in [0.1, 0.15) is 17.5 Å². The Morgan fingerprint density at radius 2 is 1.41 bits per heavy atom. The molecule has 0 radical (unpaired) electrons. The highest BCUT2D eigenvalue weighted by atomic mass is 19.1. The highest BCUT2D eigenvalue weighted by molar-refractivity contribution is 5.95. The smallest absolute Gasteiger partial charge is 0.257 e. The van der Waals surface area contributed by atoms with Crippen LogP contribution in [0.4, 0.5) is 14.7 Å². The molecule has 2 N–H and O–H groups in total. The fourth-order valence-electron chi connectivity index (χ4n) is 7.12. The zero-order valence-corrected chi connectivity index (χ0v) is 27.7. The first kappa shape index (κ1) is 32.2. The number of anilines is 1. The predicted octanol–water partition coefficient (Wildman–Crippen LogP) is 7.52. The van der Waals surface area contributed by atoms with Crippen LogP contribution in [0.5, 0.6) is 0 Å². The molecule has 2 amide bonds. The molecular formula is C40H35F2N7O2. The van der Waals surface area contributed by atoms with Crippen LogP contribution in [0, 0.1) is 17.6 Å². The molecule has 2 saturated heterocycles. The van der Waals surface area contributed by atoms with Gasteiger partial charge >= 0.3 is 0 Å². The lowest BCUT2D eigenvalue weighted by atomic mass is 10.0. The Balaban J connectivity index is 0.899. The first-order valence-electron chi connectivity index (χ1n) is 17.2. The van der Waals surface area contributed by atoms with Crippen molar-refractivity contribution in [3.8, 4) is 22.4 Å². The summed E-state index contributed by atoms with van der Waals surface area (Å²) in [5, 5.41) is 5.41. The van der Waals surface area contributed by atoms with Crippen LogP contribution in [-0.2, 0) is 0 Å². The molecule has 9 nitrogen and oxygen atoms in total. The number of imidazole rings is 1. The summed E-state index contributed by atoms with van der Waals surface area (Å²) in [6.07, 6.45) is 7.78. The van der Waals surface area contributed by atoms with E-state index in [-0.39, 0.29) is 34.9 Å². The van der Waals surface area contributed by atoms with Gasteiger partial charge in [0, 0.05) is 49.7 Å². The summed E-state index contributed by atoms with van der Waals surface area (Å²) in [5.74, 6) is -0.182. The van der Waals surface area contributed by atoms with E-state index in [0.29, 0.717) is 38.0 Å². The summed E-state index contributed by atoms with van der Waals surface area (Å²) in [6.45, 7) is 2.31. The van der Waals surface area contributed by atoms with Gasteiger partial charge in [0.05, 0.1) is 29.1 Å². The number of likely N-dealkylation sites (tertiary alicyclic amines) is 2. The maximum Gasteiger partial charge on any atom is 0.257 e. The van der Waals surface area contributed by atoms with Crippen molar-refractivity contribution in [2.45, 2.75) is 25.3 Å². The van der Waals surface area contributed by atoms with Crippen LogP contribution in [0.3, 0.4) is 0 Å². The summed E-state index contributed by atoms with van der Waals surface area (Å²) in [6, 6.07) is 24.4. The molecule has 11 heteroatoms. The Labute approximate surface area is 293 Å². The van der Waals surface area contributed by atoms with Gasteiger partial charge < -0.3 is 20.1 Å². The number of aromatic amines is 1. The van der Waals surface area contributed by atoms with Crippen molar-refractivity contribution in [1.82, 2.24) is 29.7 Å². The molecule has 51 heavy (non-hydrogen) atoms. The van der Waals surface area contributed by atoms with E-state index in [1.54, 1.807) is 52.7 Å². The third-order valence-electron chi connectivity index (χ3n) is 9.89. The number of hydrogen-bond acceptors (Lipinski definition) is 6. The van der Waals surface area contributed by atoms with Crippen LogP contribution < -0.4 is 5.32 Å². The molecule has 2 aliphatic rings. The van der Waals surface area contributed by atoms with Gasteiger partial charge in [-0.05, 0) is 77.9 Å². The molecule has 6 aromatic rings. The van der Waals surface area contributed by atoms with Gasteiger partial charge in [-0.25, -0.2) is 23.7 Å². The van der Waals surface area contributed by atoms with Crippen LogP contribution in [0.2, 0.25) is 0 Å². The molecule has 2 fully saturated rings. The number of aromatic nitrogens is 4. The molecule has 0 saturated carbocycles. The van der Waals surface area contributed by atoms with Crippen molar-refractivity contribution in [1.29, 1.82) is 0 Å². The Morgan fingerprint density at radius 3 is 2.14 bits per heavy atom. The monoisotopic (exact) mass is 683 g/mol. The Morgan fingerprint density at radius 1 is 0.745 bits per heavy atom. The Bertz CT molecular complexity index is 2240. The fraction of sp³-hybridized carbons (Fsp3) is 0.225. The summed E-state index contributed by atoms with van der Waals surface area (Å²) >= 11 is 0. The van der Waals surface area contributed by atoms with Crippen molar-refractivity contribution in [2.24, 2.45) is 5.92 Å². The average Bonchev–Trinajstić information content (AvgIpc) is 3.95. The van der Waals surface area contributed by atoms with Gasteiger partial charge in [0.2, 0.25) is 5.95 Å². The van der Waals surface area contributed by atoms with Crippen molar-refractivity contribution < 1.29 is 18.4 Å². The van der Waals surface area contributed by atoms with Crippen LogP contribution in [0.15, 0.2) is 104 Å². The SMILES string of the molecule is O=C(c1ccccc1F)N1CC[C@H](CNc2ncc(-c3ccc4cc(-c5cnc([C@@H]6CCCN6C(=O)c6ccccc6F)[nH]5)ccc4c3)cn2)C1. The zero-order chi connectivity index (χ0) is 34.9. The number of nitrogens with zero attached hydrogens (tertiary/aromatic N) is 5. The van der Waals surface area contributed by atoms with E-state index >= 15 is 0 Å². The van der Waals surface area contributed by atoms with Crippen molar-refractivity contribution >= 4 is 28.5 Å². The fourth-order valence-corrected chi connectivity index (χ4v) is 7.12. The van der Waals surface area contributed by atoms with Gasteiger partial charge in [0.15, 0.2) is 0 Å². The number of rotatable bonds is 8. The van der Waals surface area contributed by atoms with Gasteiger partial charge in [-0.3, -0.25) is 9.59 Å². The molecule has 4 heterocycles. The highest BCUT2D eigenvalue weighted by Gasteiger charge is 2.33. The van der Waals surface area contributed by atoms with Crippen molar-refractivity contribution in [3.63, 3.8) is 0 Å². The maximum absolute atomic E-state index is 14.4. The third kappa shape index (κ3) is 6.54. The summed E-state index contributed by atoms with van der Waals surface area (Å²) < 4.78 is 28.5. The molecule has 8 rings (SSSR count). The normalized spacial score (nSPS) is 17.3. The molecular weight excluding hydrogens is 648 g/mol. The number of carbonyl (C=O) groups is 2. The van der Waals surface area contributed by atoms with E-state index in [4.69, 9.17) is 0 Å². The Hall–Kier alpha value is -5.97. The standard InChI is InChI=1S/C40H35F2N7O2/c41-33-8-3-1-6-31(33)38(50)48-17-15-25(24-48)20-44-40-45-21-30(22-46-40)28-12-11-27-19-29(14-13-26(27)18-28)35-23-43-37(47-35)36-10-5-16-49(36)39(51)32-7-2-4-9-34(32)42/h1-4,6-9,11-14,18-19,21-23,25,36H,5,10,15-17,20,24H2,(H,43,47)(H,44,45,46)/t25-,36+/m1/s1. The second kappa shape index (κ2) is 13.7. The molecule has 2 aromatic heterocycles. The molecule has 0 unspecified atom stereocenters. The van der Waals surface area contributed by atoms with Crippen LogP contribution in [0.25, 0.3) is 33.2 Å². The number of benzene rings is 4. The van der Waals surface area contributed by atoms with E-state index < -0.39 is 11.6 Å². The largest absolute Gasteiger partial charge is 0.354 e. The number of H-pyrrole nitrogens is 1. The summed E-state index contributed by atoms with van der Waals surface area (Å²) in [7, 11) is 0. The molecule has 0 bridgehead atoms. The summed E-state index contributed by atoms with van der Waals surface area (Å²) in [5.41, 5.74) is 3.88. The zero-order valence-electron chi connectivity index (χ0n) is 27.7. The van der Waals surface area contributed by atoms with Gasteiger partial charge in [-0.2, -0.15) is 0 Å². The molecule has 0 aliphatic carbocycles. The molecule has 2 atom stereocenters. The lowest BCUT2D eigenvalue weighted by molar-refractivity contribution is 0.0724. The molecule has 4 aromatic carbocycles. The lowest BCUT2D eigenvalue weighted by Gasteiger charge is -2.23. The number of fused-ring (bicyclic) bond motifs is 1. The maximum atomic E-state index is 14.4. The lowest BCUT2D eigenvalue weighted by Crippen LogP contribution is -2.31. The topological polar surface area (TPSA) is 107 Å². The van der Waals surface area contributed by atoms with E-state index in [1.165, 1.54) is 24.3 Å². The van der Waals surface area contributed by atoms with Gasteiger partial charge in [-0.15, -0.1) is 0 Å². The van der Waals surface area contributed by atoms with E-state index in [2.05, 4.69) is 49.5 Å². The average molecular weight is 684 g/mol. The number of nitrogens with one attached hydrogen (secondary N) is 2. The first-order valence-corrected chi connectivity index (χ1v) is 17.2. The number of halogens is 2. The minimum absolute atomic E-state index is 0.0789. The molecule has 2 aliphatic heterocycles. The van der Waals surface area contributed by atoms with Crippen LogP contribution >= 0.6 is 0 Å². The summed E-state index contributed by atoms with van der Waals surface area (Å²) in [4.78, 5) is 46.5. The van der Waals surface area contributed by atoms with Crippen molar-refractivity contribution in [3.05, 3.63) is 132 Å². The molecule has 0 spiro atoms. The number of carbonyl (C=O) groups excluding carboxylic acids is 2. The quantitative estimate of drug-likeness (QED) is 0.172. The van der Waals surface area contributed by atoms with E-state index in [1.807, 2.05) is 12.1 Å². The molecule has 256 valence electrons. The second-order valence-corrected chi connectivity index (χ2v) is 13.2. The van der Waals surface area contributed by atoms with E-state index in [0.717, 1.165) is 52.4 Å². The number of hydrogen-bond donors (Lipinski definition) is 2. The second-order valence-electron chi connectivity index (χ2n) is 13.2. The highest BCUT2D eigenvalue weighted by Crippen LogP contribution is 2.34. The van der Waals surface area contributed by atoms with Crippen molar-refractivity contribution in [2.75, 3.05) is 31.5 Å².